The molecule has 2 heterocycles. The van der Waals surface area contributed by atoms with Gasteiger partial charge in [-0.05, 0) is 43.3 Å². The van der Waals surface area contributed by atoms with E-state index in [1.165, 1.54) is 11.3 Å². The molecule has 4 aromatic rings. The summed E-state index contributed by atoms with van der Waals surface area (Å²) in [6.07, 6.45) is 1.96. The summed E-state index contributed by atoms with van der Waals surface area (Å²) in [6, 6.07) is 21.0. The van der Waals surface area contributed by atoms with E-state index in [0.717, 1.165) is 27.4 Å². The van der Waals surface area contributed by atoms with E-state index in [0.29, 0.717) is 18.3 Å². The zero-order valence-corrected chi connectivity index (χ0v) is 18.0. The minimum atomic E-state index is -0.0707. The molecule has 0 aliphatic rings. The maximum absolute atomic E-state index is 13.2. The van der Waals surface area contributed by atoms with Gasteiger partial charge in [-0.25, -0.2) is 4.98 Å². The largest absolute Gasteiger partial charge is 0.493 e. The van der Waals surface area contributed by atoms with Gasteiger partial charge in [0, 0.05) is 6.20 Å². The van der Waals surface area contributed by atoms with Gasteiger partial charge in [0.05, 0.1) is 36.6 Å². The van der Waals surface area contributed by atoms with Crippen LogP contribution in [0.5, 0.6) is 11.5 Å². The highest BCUT2D eigenvalue weighted by Gasteiger charge is 2.22. The van der Waals surface area contributed by atoms with E-state index >= 15 is 0 Å². The van der Waals surface area contributed by atoms with E-state index in [4.69, 9.17) is 14.5 Å². The Labute approximate surface area is 185 Å². The van der Waals surface area contributed by atoms with Crippen molar-refractivity contribution in [2.24, 2.45) is 0 Å². The Hall–Kier alpha value is -3.45. The summed E-state index contributed by atoms with van der Waals surface area (Å²) in [6.45, 7) is 3.13. The maximum atomic E-state index is 13.2. The highest BCUT2D eigenvalue weighted by molar-refractivity contribution is 7.22. The van der Waals surface area contributed by atoms with E-state index < -0.39 is 0 Å². The van der Waals surface area contributed by atoms with Crippen LogP contribution >= 0.6 is 11.3 Å². The number of carbonyl (C=O) groups excluding carboxylic acids is 1. The van der Waals surface area contributed by atoms with Crippen LogP contribution in [-0.4, -0.2) is 29.1 Å². The number of para-hydroxylation sites is 2. The summed E-state index contributed by atoms with van der Waals surface area (Å²) >= 11 is 1.47. The molecular formula is C24H23N3O3S. The number of nitrogens with zero attached hydrogens (tertiary/aromatic N) is 3. The van der Waals surface area contributed by atoms with E-state index in [1.54, 1.807) is 11.1 Å². The molecule has 0 bridgehead atoms. The molecule has 1 amide bonds. The van der Waals surface area contributed by atoms with E-state index in [1.807, 2.05) is 73.7 Å². The number of ether oxygens (including phenoxy) is 2. The molecule has 158 valence electrons. The van der Waals surface area contributed by atoms with Crippen molar-refractivity contribution in [1.29, 1.82) is 0 Å². The lowest BCUT2D eigenvalue weighted by Gasteiger charge is -2.19. The van der Waals surface area contributed by atoms with Crippen LogP contribution in [0.2, 0.25) is 0 Å². The van der Waals surface area contributed by atoms with Gasteiger partial charge in [-0.1, -0.05) is 41.7 Å². The first-order valence-corrected chi connectivity index (χ1v) is 11.0. The number of anilines is 1. The molecule has 6 nitrogen and oxygen atoms in total. The number of fused-ring (bicyclic) bond motifs is 1. The highest BCUT2D eigenvalue weighted by Crippen LogP contribution is 2.35. The first-order valence-electron chi connectivity index (χ1n) is 10.1. The Morgan fingerprint density at radius 3 is 2.61 bits per heavy atom. The Balaban J connectivity index is 1.57. The molecule has 7 heteroatoms. The fourth-order valence-electron chi connectivity index (χ4n) is 3.12. The lowest BCUT2D eigenvalue weighted by molar-refractivity contribution is -0.119. The number of thiazole rings is 1. The number of amides is 1. The Morgan fingerprint density at radius 1 is 1.00 bits per heavy atom. The molecule has 0 unspecified atom stereocenters. The van der Waals surface area contributed by atoms with Gasteiger partial charge in [-0.3, -0.25) is 14.7 Å². The predicted octanol–water partition coefficient (Wildman–Crippen LogP) is 5.09. The molecule has 0 saturated heterocycles. The summed E-state index contributed by atoms with van der Waals surface area (Å²) in [5.41, 5.74) is 1.56. The third kappa shape index (κ3) is 5.19. The minimum absolute atomic E-state index is 0.0707. The Kier molecular flexibility index (Phi) is 6.74. The van der Waals surface area contributed by atoms with Crippen LogP contribution in [0, 0.1) is 0 Å². The molecule has 4 rings (SSSR count). The number of hydrogen-bond donors (Lipinski definition) is 0. The molecule has 0 aliphatic carbocycles. The van der Waals surface area contributed by atoms with Gasteiger partial charge < -0.3 is 9.47 Å². The number of benzene rings is 2. The van der Waals surface area contributed by atoms with Crippen LogP contribution in [0.4, 0.5) is 5.13 Å². The lowest BCUT2D eigenvalue weighted by atomic mass is 10.3. The molecule has 0 spiro atoms. The van der Waals surface area contributed by atoms with E-state index in [2.05, 4.69) is 4.98 Å². The van der Waals surface area contributed by atoms with Crippen molar-refractivity contribution < 1.29 is 14.3 Å². The number of carbonyl (C=O) groups is 1. The van der Waals surface area contributed by atoms with Gasteiger partial charge in [0.2, 0.25) is 5.91 Å². The van der Waals surface area contributed by atoms with Gasteiger partial charge in [0.15, 0.2) is 5.13 Å². The smallest absolute Gasteiger partial charge is 0.232 e. The second-order valence-corrected chi connectivity index (χ2v) is 7.75. The first-order chi connectivity index (χ1) is 15.2. The molecule has 0 atom stereocenters. The number of pyridine rings is 1. The fraction of sp³-hybridized carbons (Fsp3) is 0.208. The van der Waals surface area contributed by atoms with Crippen molar-refractivity contribution in [3.05, 3.63) is 78.6 Å². The average molecular weight is 434 g/mol. The standard InChI is InChI=1S/C24H23N3O3S/c1-2-29-20-12-8-13-21-23(20)26-24(31-21)27(17-18-9-6-7-15-25-18)22(28)14-16-30-19-10-4-3-5-11-19/h3-13,15H,2,14,16-17H2,1H3. The molecule has 0 aliphatic heterocycles. The van der Waals surface area contributed by atoms with Gasteiger partial charge in [-0.2, -0.15) is 0 Å². The van der Waals surface area contributed by atoms with Crippen molar-refractivity contribution in [2.75, 3.05) is 18.1 Å². The molecule has 0 fully saturated rings. The Morgan fingerprint density at radius 2 is 1.84 bits per heavy atom. The van der Waals surface area contributed by atoms with Crippen molar-refractivity contribution in [2.45, 2.75) is 19.9 Å². The highest BCUT2D eigenvalue weighted by atomic mass is 32.1. The molecule has 0 radical (unpaired) electrons. The van der Waals surface area contributed by atoms with Crippen LogP contribution in [0.15, 0.2) is 72.9 Å². The third-order valence-corrected chi connectivity index (χ3v) is 5.62. The zero-order chi connectivity index (χ0) is 21.5. The minimum Gasteiger partial charge on any atom is -0.493 e. The first kappa shape index (κ1) is 20.8. The maximum Gasteiger partial charge on any atom is 0.232 e. The van der Waals surface area contributed by atoms with Crippen LogP contribution in [0.3, 0.4) is 0 Å². The van der Waals surface area contributed by atoms with Gasteiger partial charge in [-0.15, -0.1) is 0 Å². The van der Waals surface area contributed by atoms with Crippen molar-refractivity contribution in [3.8, 4) is 11.5 Å². The van der Waals surface area contributed by atoms with Crippen LogP contribution in [0.25, 0.3) is 10.2 Å². The lowest BCUT2D eigenvalue weighted by Crippen LogP contribution is -2.31. The molecule has 2 aromatic heterocycles. The monoisotopic (exact) mass is 433 g/mol. The topological polar surface area (TPSA) is 64.5 Å². The predicted molar refractivity (Wildman–Crippen MR) is 123 cm³/mol. The summed E-state index contributed by atoms with van der Waals surface area (Å²) in [5.74, 6) is 1.40. The van der Waals surface area contributed by atoms with Crippen molar-refractivity contribution in [1.82, 2.24) is 9.97 Å². The summed E-state index contributed by atoms with van der Waals surface area (Å²) in [7, 11) is 0. The number of aromatic nitrogens is 2. The summed E-state index contributed by atoms with van der Waals surface area (Å²) in [4.78, 5) is 24.0. The molecule has 31 heavy (non-hydrogen) atoms. The van der Waals surface area contributed by atoms with Gasteiger partial charge in [0.1, 0.15) is 17.0 Å². The van der Waals surface area contributed by atoms with Crippen molar-refractivity contribution >= 4 is 32.6 Å². The normalized spacial score (nSPS) is 10.7. The molecular weight excluding hydrogens is 410 g/mol. The summed E-state index contributed by atoms with van der Waals surface area (Å²) in [5, 5.41) is 0.623. The third-order valence-electron chi connectivity index (χ3n) is 4.58. The molecule has 0 N–H and O–H groups in total. The summed E-state index contributed by atoms with van der Waals surface area (Å²) < 4.78 is 12.4. The Bertz CT molecular complexity index is 1130. The van der Waals surface area contributed by atoms with Gasteiger partial charge >= 0.3 is 0 Å². The van der Waals surface area contributed by atoms with E-state index in [-0.39, 0.29) is 18.9 Å². The quantitative estimate of drug-likeness (QED) is 0.368. The average Bonchev–Trinajstić information content (AvgIpc) is 3.24. The van der Waals surface area contributed by atoms with Crippen molar-refractivity contribution in [3.63, 3.8) is 0 Å². The fourth-order valence-corrected chi connectivity index (χ4v) is 4.12. The SMILES string of the molecule is CCOc1cccc2sc(N(Cc3ccccn3)C(=O)CCOc3ccccc3)nc12. The number of hydrogen-bond acceptors (Lipinski definition) is 6. The zero-order valence-electron chi connectivity index (χ0n) is 17.2. The second kappa shape index (κ2) is 10.0. The van der Waals surface area contributed by atoms with E-state index in [9.17, 15) is 4.79 Å². The second-order valence-electron chi connectivity index (χ2n) is 6.74. The molecule has 2 aromatic carbocycles. The van der Waals surface area contributed by atoms with Gasteiger partial charge in [0.25, 0.3) is 0 Å². The molecule has 0 saturated carbocycles. The van der Waals surface area contributed by atoms with Crippen LogP contribution in [0.1, 0.15) is 19.0 Å². The van der Waals surface area contributed by atoms with Crippen LogP contribution in [-0.2, 0) is 11.3 Å². The number of rotatable bonds is 9. The van der Waals surface area contributed by atoms with Crippen LogP contribution < -0.4 is 14.4 Å².